The van der Waals surface area contributed by atoms with Gasteiger partial charge in [-0.2, -0.15) is 0 Å². The van der Waals surface area contributed by atoms with E-state index in [1.165, 1.54) is 0 Å². The fraction of sp³-hybridized carbons (Fsp3) is 0. The summed E-state index contributed by atoms with van der Waals surface area (Å²) in [5, 5.41) is 1.79. The Kier molecular flexibility index (Phi) is 3.32. The fourth-order valence-corrected chi connectivity index (χ4v) is 3.12. The van der Waals surface area contributed by atoms with Crippen molar-refractivity contribution in [2.75, 3.05) is 5.73 Å². The van der Waals surface area contributed by atoms with Gasteiger partial charge in [-0.3, -0.25) is 4.98 Å². The molecule has 0 unspecified atom stereocenters. The van der Waals surface area contributed by atoms with Crippen molar-refractivity contribution in [2.24, 2.45) is 0 Å². The number of nitrogens with two attached hydrogens (primary N) is 1. The zero-order valence-corrected chi connectivity index (χ0v) is 11.6. The van der Waals surface area contributed by atoms with E-state index in [0.29, 0.717) is 10.7 Å². The summed E-state index contributed by atoms with van der Waals surface area (Å²) in [4.78, 5) is 6.50. The van der Waals surface area contributed by atoms with E-state index in [9.17, 15) is 0 Å². The minimum Gasteiger partial charge on any atom is -0.399 e. The van der Waals surface area contributed by atoms with Gasteiger partial charge in [0.25, 0.3) is 0 Å². The highest BCUT2D eigenvalue weighted by atomic mass is 35.5. The summed E-state index contributed by atoms with van der Waals surface area (Å²) in [6.07, 6.45) is 1.80. The third-order valence-electron chi connectivity index (χ3n) is 2.77. The van der Waals surface area contributed by atoms with Crippen molar-refractivity contribution in [3.05, 3.63) is 59.8 Å². The summed E-state index contributed by atoms with van der Waals surface area (Å²) in [6.45, 7) is 0. The van der Waals surface area contributed by atoms with Gasteiger partial charge in [0.05, 0.1) is 10.5 Å². The van der Waals surface area contributed by atoms with E-state index in [0.717, 1.165) is 20.7 Å². The van der Waals surface area contributed by atoms with Gasteiger partial charge >= 0.3 is 0 Å². The Morgan fingerprint density at radius 3 is 2.68 bits per heavy atom. The molecule has 0 aliphatic carbocycles. The normalized spacial score (nSPS) is 10.8. The number of nitrogens with zero attached hydrogens (tertiary/aromatic N) is 1. The second-order valence-corrected chi connectivity index (χ2v) is 5.61. The third-order valence-corrected chi connectivity index (χ3v) is 4.32. The topological polar surface area (TPSA) is 38.9 Å². The Morgan fingerprint density at radius 1 is 1.00 bits per heavy atom. The minimum atomic E-state index is 0.665. The highest BCUT2D eigenvalue weighted by molar-refractivity contribution is 7.99. The van der Waals surface area contributed by atoms with Crippen LogP contribution in [-0.2, 0) is 0 Å². The van der Waals surface area contributed by atoms with Crippen LogP contribution in [0.3, 0.4) is 0 Å². The molecule has 0 spiro atoms. The second kappa shape index (κ2) is 5.11. The fourth-order valence-electron chi connectivity index (χ4n) is 1.88. The molecule has 3 aromatic rings. The van der Waals surface area contributed by atoms with Gasteiger partial charge in [0.1, 0.15) is 0 Å². The molecule has 0 saturated heterocycles. The van der Waals surface area contributed by atoms with Crippen molar-refractivity contribution in [1.29, 1.82) is 0 Å². The predicted octanol–water partition coefficient (Wildman–Crippen LogP) is 4.62. The molecular formula is C15H11ClN2S. The number of hydrogen-bond acceptors (Lipinski definition) is 3. The molecule has 0 radical (unpaired) electrons. The van der Waals surface area contributed by atoms with Gasteiger partial charge in [0, 0.05) is 27.1 Å². The molecule has 4 heteroatoms. The zero-order chi connectivity index (χ0) is 13.2. The Hall–Kier alpha value is -1.71. The van der Waals surface area contributed by atoms with E-state index >= 15 is 0 Å². The first-order valence-electron chi connectivity index (χ1n) is 5.81. The lowest BCUT2D eigenvalue weighted by atomic mass is 10.2. The monoisotopic (exact) mass is 286 g/mol. The van der Waals surface area contributed by atoms with E-state index in [1.54, 1.807) is 24.0 Å². The van der Waals surface area contributed by atoms with Crippen molar-refractivity contribution >= 4 is 40.0 Å². The number of hydrogen-bond donors (Lipinski definition) is 1. The van der Waals surface area contributed by atoms with Gasteiger partial charge in [-0.15, -0.1) is 0 Å². The molecule has 0 saturated carbocycles. The van der Waals surface area contributed by atoms with Crippen LogP contribution in [0.15, 0.2) is 64.5 Å². The Balaban J connectivity index is 2.06. The van der Waals surface area contributed by atoms with Gasteiger partial charge in [0.15, 0.2) is 0 Å². The molecule has 19 heavy (non-hydrogen) atoms. The van der Waals surface area contributed by atoms with E-state index < -0.39 is 0 Å². The molecule has 0 aliphatic heterocycles. The number of nitrogen functional groups attached to an aromatic ring is 1. The molecule has 3 rings (SSSR count). The van der Waals surface area contributed by atoms with Crippen LogP contribution in [0.25, 0.3) is 10.9 Å². The van der Waals surface area contributed by atoms with Crippen molar-refractivity contribution in [3.63, 3.8) is 0 Å². The Labute approximate surface area is 120 Å². The predicted molar refractivity (Wildman–Crippen MR) is 81.7 cm³/mol. The lowest BCUT2D eigenvalue weighted by Gasteiger charge is -2.07. The second-order valence-electron chi connectivity index (χ2n) is 4.12. The van der Waals surface area contributed by atoms with Crippen LogP contribution in [-0.4, -0.2) is 4.98 Å². The number of halogens is 1. The number of benzene rings is 2. The Bertz CT molecular complexity index is 738. The Morgan fingerprint density at radius 2 is 1.84 bits per heavy atom. The first-order chi connectivity index (χ1) is 9.24. The maximum atomic E-state index is 6.21. The molecule has 0 atom stereocenters. The van der Waals surface area contributed by atoms with Gasteiger partial charge in [-0.25, -0.2) is 0 Å². The average molecular weight is 287 g/mol. The molecule has 1 aromatic heterocycles. The van der Waals surface area contributed by atoms with Crippen LogP contribution < -0.4 is 5.73 Å². The summed E-state index contributed by atoms with van der Waals surface area (Å²) in [5.74, 6) is 0. The maximum absolute atomic E-state index is 6.21. The molecule has 2 nitrogen and oxygen atoms in total. The van der Waals surface area contributed by atoms with Crippen LogP contribution in [0, 0.1) is 0 Å². The average Bonchev–Trinajstić information content (AvgIpc) is 2.42. The first-order valence-corrected chi connectivity index (χ1v) is 7.00. The summed E-state index contributed by atoms with van der Waals surface area (Å²) in [6, 6.07) is 15.7. The molecule has 0 amide bonds. The number of pyridine rings is 1. The van der Waals surface area contributed by atoms with Gasteiger partial charge in [0.2, 0.25) is 0 Å². The highest BCUT2D eigenvalue weighted by Gasteiger charge is 2.07. The van der Waals surface area contributed by atoms with Crippen molar-refractivity contribution < 1.29 is 0 Å². The molecule has 0 fully saturated rings. The number of anilines is 1. The first kappa shape index (κ1) is 12.3. The third kappa shape index (κ3) is 2.53. The molecule has 2 N–H and O–H groups in total. The lowest BCUT2D eigenvalue weighted by Crippen LogP contribution is -1.86. The van der Waals surface area contributed by atoms with Crippen LogP contribution >= 0.6 is 23.4 Å². The van der Waals surface area contributed by atoms with Gasteiger partial charge < -0.3 is 5.73 Å². The summed E-state index contributed by atoms with van der Waals surface area (Å²) >= 11 is 7.81. The number of para-hydroxylation sites is 1. The smallest absolute Gasteiger partial charge is 0.0841 e. The van der Waals surface area contributed by atoms with Crippen molar-refractivity contribution in [2.45, 2.75) is 9.79 Å². The SMILES string of the molecule is Nc1ccc(Sc2cccc3cccnc23)c(Cl)c1. The maximum Gasteiger partial charge on any atom is 0.0841 e. The molecule has 1 heterocycles. The number of fused-ring (bicyclic) bond motifs is 1. The van der Waals surface area contributed by atoms with Crippen LogP contribution in [0.5, 0.6) is 0 Å². The van der Waals surface area contributed by atoms with Crippen LogP contribution in [0.4, 0.5) is 5.69 Å². The summed E-state index contributed by atoms with van der Waals surface area (Å²) < 4.78 is 0. The van der Waals surface area contributed by atoms with Gasteiger partial charge in [-0.05, 0) is 30.3 Å². The lowest BCUT2D eigenvalue weighted by molar-refractivity contribution is 1.34. The molecule has 2 aromatic carbocycles. The van der Waals surface area contributed by atoms with Crippen LogP contribution in [0.2, 0.25) is 5.02 Å². The van der Waals surface area contributed by atoms with E-state index in [-0.39, 0.29) is 0 Å². The molecular weight excluding hydrogens is 276 g/mol. The molecule has 0 bridgehead atoms. The van der Waals surface area contributed by atoms with Crippen LogP contribution in [0.1, 0.15) is 0 Å². The quantitative estimate of drug-likeness (QED) is 0.699. The summed E-state index contributed by atoms with van der Waals surface area (Å²) in [7, 11) is 0. The van der Waals surface area contributed by atoms with E-state index in [2.05, 4.69) is 17.1 Å². The zero-order valence-electron chi connectivity index (χ0n) is 10.0. The number of rotatable bonds is 2. The van der Waals surface area contributed by atoms with E-state index in [1.807, 2.05) is 30.3 Å². The van der Waals surface area contributed by atoms with E-state index in [4.69, 9.17) is 17.3 Å². The van der Waals surface area contributed by atoms with Crippen molar-refractivity contribution in [3.8, 4) is 0 Å². The largest absolute Gasteiger partial charge is 0.399 e. The molecule has 0 aliphatic rings. The van der Waals surface area contributed by atoms with Gasteiger partial charge in [-0.1, -0.05) is 41.6 Å². The minimum absolute atomic E-state index is 0.665. The summed E-state index contributed by atoms with van der Waals surface area (Å²) in [5.41, 5.74) is 7.37. The molecule has 94 valence electrons. The highest BCUT2D eigenvalue weighted by Crippen LogP contribution is 2.37. The van der Waals surface area contributed by atoms with Crippen molar-refractivity contribution in [1.82, 2.24) is 4.98 Å². The standard InChI is InChI=1S/C15H11ClN2S/c16-12-9-11(17)6-7-13(12)19-14-5-1-3-10-4-2-8-18-15(10)14/h1-9H,17H2. The number of aromatic nitrogens is 1.